The lowest BCUT2D eigenvalue weighted by atomic mass is 10.0. The maximum Gasteiger partial charge on any atom is 0.333 e. The Morgan fingerprint density at radius 2 is 1.28 bits per heavy atom. The van der Waals surface area contributed by atoms with Gasteiger partial charge in [0.1, 0.15) is 0 Å². The van der Waals surface area contributed by atoms with Crippen LogP contribution in [0.5, 0.6) is 0 Å². The van der Waals surface area contributed by atoms with Gasteiger partial charge in [0.25, 0.3) is 0 Å². The molecule has 1 N–H and O–H groups in total. The van der Waals surface area contributed by atoms with E-state index in [1.807, 2.05) is 0 Å². The van der Waals surface area contributed by atoms with E-state index in [9.17, 15) is 4.79 Å². The average molecular weight is 407 g/mol. The molecule has 0 spiro atoms. The first kappa shape index (κ1) is 27.4. The SMILES string of the molecule is C=C(C)C(=O)OCCCCCCCCCCCCCCCCCC.c1c[nH]cn1. The standard InChI is InChI=1S/C22H42O2.C3H4N2/c1-4-5-6-7-8-9-10-11-12-13-14-15-16-17-18-19-20-24-22(23)21(2)3;1-2-5-3-4-1/h2,4-20H2,1,3H3;1-3H,(H,4,5). The van der Waals surface area contributed by atoms with Gasteiger partial charge in [0, 0.05) is 18.0 Å². The monoisotopic (exact) mass is 406 g/mol. The second kappa shape index (κ2) is 22.7. The summed E-state index contributed by atoms with van der Waals surface area (Å²) in [6, 6.07) is 0. The molecule has 0 atom stereocenters. The molecule has 29 heavy (non-hydrogen) atoms. The van der Waals surface area contributed by atoms with Crippen molar-refractivity contribution >= 4 is 5.97 Å². The number of hydrogen-bond acceptors (Lipinski definition) is 3. The van der Waals surface area contributed by atoms with Gasteiger partial charge in [0.15, 0.2) is 0 Å². The third kappa shape index (κ3) is 22.6. The quantitative estimate of drug-likeness (QED) is 0.154. The summed E-state index contributed by atoms with van der Waals surface area (Å²) >= 11 is 0. The summed E-state index contributed by atoms with van der Waals surface area (Å²) in [4.78, 5) is 17.6. The topological polar surface area (TPSA) is 55.0 Å². The minimum atomic E-state index is -0.254. The predicted molar refractivity (Wildman–Crippen MR) is 124 cm³/mol. The molecule has 0 amide bonds. The fourth-order valence-electron chi connectivity index (χ4n) is 3.15. The van der Waals surface area contributed by atoms with Gasteiger partial charge in [-0.1, -0.05) is 110 Å². The van der Waals surface area contributed by atoms with Crippen molar-refractivity contribution in [1.82, 2.24) is 9.97 Å². The highest BCUT2D eigenvalue weighted by Crippen LogP contribution is 2.13. The lowest BCUT2D eigenvalue weighted by Crippen LogP contribution is -2.05. The van der Waals surface area contributed by atoms with E-state index >= 15 is 0 Å². The van der Waals surface area contributed by atoms with E-state index in [4.69, 9.17) is 4.74 Å². The Kier molecular flexibility index (Phi) is 21.5. The van der Waals surface area contributed by atoms with Crippen LogP contribution >= 0.6 is 0 Å². The highest BCUT2D eigenvalue weighted by Gasteiger charge is 2.01. The molecule has 0 aliphatic heterocycles. The number of carbonyl (C=O) groups is 1. The zero-order chi connectivity index (χ0) is 21.4. The highest BCUT2D eigenvalue weighted by atomic mass is 16.5. The van der Waals surface area contributed by atoms with Crippen LogP contribution in [0.3, 0.4) is 0 Å². The molecule has 1 rings (SSSR count). The highest BCUT2D eigenvalue weighted by molar-refractivity contribution is 5.86. The van der Waals surface area contributed by atoms with Gasteiger partial charge >= 0.3 is 5.97 Å². The van der Waals surface area contributed by atoms with Gasteiger partial charge in [-0.3, -0.25) is 0 Å². The molecule has 0 aromatic carbocycles. The molecule has 0 unspecified atom stereocenters. The van der Waals surface area contributed by atoms with Crippen LogP contribution in [0.1, 0.15) is 117 Å². The van der Waals surface area contributed by atoms with Crippen LogP contribution in [0.25, 0.3) is 0 Å². The number of carbonyl (C=O) groups excluding carboxylic acids is 1. The van der Waals surface area contributed by atoms with E-state index in [1.54, 1.807) is 25.6 Å². The molecule has 0 fully saturated rings. The van der Waals surface area contributed by atoms with Crippen LogP contribution in [0.4, 0.5) is 0 Å². The maximum atomic E-state index is 11.2. The predicted octanol–water partition coefficient (Wildman–Crippen LogP) is 7.78. The first-order valence-electron chi connectivity index (χ1n) is 11.9. The summed E-state index contributed by atoms with van der Waals surface area (Å²) in [7, 11) is 0. The van der Waals surface area contributed by atoms with Crippen LogP contribution in [-0.4, -0.2) is 22.5 Å². The van der Waals surface area contributed by atoms with Crippen molar-refractivity contribution in [3.8, 4) is 0 Å². The molecular weight excluding hydrogens is 360 g/mol. The minimum absolute atomic E-state index is 0.254. The number of H-pyrrole nitrogens is 1. The molecule has 0 aliphatic carbocycles. The second-order valence-corrected chi connectivity index (χ2v) is 7.98. The summed E-state index contributed by atoms with van der Waals surface area (Å²) in [6.45, 7) is 8.09. The Morgan fingerprint density at radius 3 is 1.59 bits per heavy atom. The molecule has 1 heterocycles. The number of unbranched alkanes of at least 4 members (excludes halogenated alkanes) is 15. The Labute approximate surface area is 179 Å². The zero-order valence-electron chi connectivity index (χ0n) is 19.2. The second-order valence-electron chi connectivity index (χ2n) is 7.98. The molecule has 0 saturated heterocycles. The van der Waals surface area contributed by atoms with Gasteiger partial charge < -0.3 is 9.72 Å². The van der Waals surface area contributed by atoms with Crippen LogP contribution in [0.2, 0.25) is 0 Å². The number of hydrogen-bond donors (Lipinski definition) is 1. The molecule has 0 radical (unpaired) electrons. The van der Waals surface area contributed by atoms with E-state index in [2.05, 4.69) is 23.5 Å². The van der Waals surface area contributed by atoms with Gasteiger partial charge in [-0.15, -0.1) is 0 Å². The fraction of sp³-hybridized carbons (Fsp3) is 0.760. The summed E-state index contributed by atoms with van der Waals surface area (Å²) in [6.07, 6.45) is 26.8. The number of imidazole rings is 1. The van der Waals surface area contributed by atoms with Crippen molar-refractivity contribution < 1.29 is 9.53 Å². The van der Waals surface area contributed by atoms with Crippen molar-refractivity contribution in [3.63, 3.8) is 0 Å². The van der Waals surface area contributed by atoms with Crippen molar-refractivity contribution in [2.45, 2.75) is 117 Å². The Bertz CT molecular complexity index is 440. The lowest BCUT2D eigenvalue weighted by Gasteiger charge is -2.05. The summed E-state index contributed by atoms with van der Waals surface area (Å²) < 4.78 is 5.08. The summed E-state index contributed by atoms with van der Waals surface area (Å²) in [5, 5.41) is 0. The Hall–Kier alpha value is -1.58. The van der Waals surface area contributed by atoms with Gasteiger partial charge in [0.2, 0.25) is 0 Å². The van der Waals surface area contributed by atoms with Crippen LogP contribution in [0.15, 0.2) is 30.9 Å². The van der Waals surface area contributed by atoms with Crippen LogP contribution in [-0.2, 0) is 9.53 Å². The van der Waals surface area contributed by atoms with Crippen molar-refractivity contribution in [2.24, 2.45) is 0 Å². The van der Waals surface area contributed by atoms with Crippen molar-refractivity contribution in [2.75, 3.05) is 6.61 Å². The van der Waals surface area contributed by atoms with Crippen molar-refractivity contribution in [1.29, 1.82) is 0 Å². The Balaban J connectivity index is 0.00000135. The number of aromatic amines is 1. The first-order chi connectivity index (χ1) is 14.2. The van der Waals surface area contributed by atoms with E-state index in [-0.39, 0.29) is 5.97 Å². The molecule has 4 nitrogen and oxygen atoms in total. The van der Waals surface area contributed by atoms with Crippen LogP contribution < -0.4 is 0 Å². The van der Waals surface area contributed by atoms with Gasteiger partial charge in [-0.2, -0.15) is 0 Å². The van der Waals surface area contributed by atoms with Crippen molar-refractivity contribution in [3.05, 3.63) is 30.9 Å². The molecule has 0 aliphatic rings. The number of ether oxygens (including phenoxy) is 1. The van der Waals surface area contributed by atoms with E-state index in [0.29, 0.717) is 12.2 Å². The minimum Gasteiger partial charge on any atom is -0.462 e. The molecule has 4 heteroatoms. The maximum absolute atomic E-state index is 11.2. The fourth-order valence-corrected chi connectivity index (χ4v) is 3.15. The number of esters is 1. The Morgan fingerprint density at radius 1 is 0.828 bits per heavy atom. The lowest BCUT2D eigenvalue weighted by molar-refractivity contribution is -0.139. The molecule has 0 bridgehead atoms. The molecule has 168 valence electrons. The van der Waals surface area contributed by atoms with Gasteiger partial charge in [-0.05, 0) is 13.3 Å². The van der Waals surface area contributed by atoms with E-state index in [1.165, 1.54) is 96.3 Å². The zero-order valence-corrected chi connectivity index (χ0v) is 19.2. The summed E-state index contributed by atoms with van der Waals surface area (Å²) in [5.74, 6) is -0.254. The third-order valence-corrected chi connectivity index (χ3v) is 4.99. The largest absolute Gasteiger partial charge is 0.462 e. The normalized spacial score (nSPS) is 10.3. The van der Waals surface area contributed by atoms with E-state index < -0.39 is 0 Å². The number of rotatable bonds is 18. The van der Waals surface area contributed by atoms with Crippen LogP contribution in [0, 0.1) is 0 Å². The molecular formula is C25H46N2O2. The van der Waals surface area contributed by atoms with Gasteiger partial charge in [0.05, 0.1) is 12.9 Å². The number of aromatic nitrogens is 2. The average Bonchev–Trinajstić information content (AvgIpc) is 3.30. The smallest absolute Gasteiger partial charge is 0.333 e. The number of nitrogens with one attached hydrogen (secondary N) is 1. The summed E-state index contributed by atoms with van der Waals surface area (Å²) in [5.41, 5.74) is 0.492. The third-order valence-electron chi connectivity index (χ3n) is 4.99. The van der Waals surface area contributed by atoms with Gasteiger partial charge in [-0.25, -0.2) is 9.78 Å². The first-order valence-corrected chi connectivity index (χ1v) is 11.9. The number of nitrogens with zero attached hydrogens (tertiary/aromatic N) is 1. The molecule has 0 saturated carbocycles. The van der Waals surface area contributed by atoms with E-state index in [0.717, 1.165) is 6.42 Å². The molecule has 1 aromatic rings. The molecule has 1 aromatic heterocycles.